The Labute approximate surface area is 71.1 Å². The lowest BCUT2D eigenvalue weighted by molar-refractivity contribution is -0.375. The van der Waals surface area contributed by atoms with Gasteiger partial charge in [-0.1, -0.05) is 0 Å². The Morgan fingerprint density at radius 3 is 2.31 bits per heavy atom. The highest BCUT2D eigenvalue weighted by Gasteiger charge is 2.35. The van der Waals surface area contributed by atoms with Gasteiger partial charge in [-0.3, -0.25) is 4.74 Å². The second kappa shape index (κ2) is 4.28. The molecule has 0 unspecified atom stereocenters. The molecule has 8 heteroatoms. The van der Waals surface area contributed by atoms with E-state index in [1.807, 2.05) is 0 Å². The van der Waals surface area contributed by atoms with E-state index in [1.54, 1.807) is 5.32 Å². The van der Waals surface area contributed by atoms with Crippen LogP contribution in [0.5, 0.6) is 0 Å². The van der Waals surface area contributed by atoms with Crippen molar-refractivity contribution in [2.75, 3.05) is 0 Å². The Kier molecular flexibility index (Phi) is 3.95. The predicted molar refractivity (Wildman–Crippen MR) is 33.8 cm³/mol. The smallest absolute Gasteiger partial charge is 0.465 e. The molecule has 0 aliphatic rings. The Morgan fingerprint density at radius 1 is 1.54 bits per heavy atom. The van der Waals surface area contributed by atoms with E-state index in [0.29, 0.717) is 0 Å². The Bertz CT molecular complexity index is 183. The van der Waals surface area contributed by atoms with Crippen LogP contribution in [-0.4, -0.2) is 35.0 Å². The molecule has 0 fully saturated rings. The molecule has 0 rings (SSSR count). The molecule has 0 aromatic heterocycles. The van der Waals surface area contributed by atoms with Crippen LogP contribution in [0.1, 0.15) is 6.92 Å². The van der Waals surface area contributed by atoms with Crippen LogP contribution in [0.4, 0.5) is 18.0 Å². The highest BCUT2D eigenvalue weighted by molar-refractivity contribution is 5.64. The summed E-state index contributed by atoms with van der Waals surface area (Å²) >= 11 is 0. The molecule has 2 atom stereocenters. The third kappa shape index (κ3) is 6.17. The standard InChI is InChI=1S/C5H8F3NO4/c1-2(9-4(11)12)3(10)13-5(6,7)8/h2-3,9-10H,1H3,(H,11,12)/t2-,3+/m1/s1. The number of alkyl halides is 3. The topological polar surface area (TPSA) is 78.8 Å². The van der Waals surface area contributed by atoms with Gasteiger partial charge in [0.05, 0.1) is 6.04 Å². The van der Waals surface area contributed by atoms with E-state index in [0.717, 1.165) is 6.92 Å². The lowest BCUT2D eigenvalue weighted by Gasteiger charge is -2.19. The number of ether oxygens (including phenoxy) is 1. The Morgan fingerprint density at radius 2 is 2.00 bits per heavy atom. The number of carbonyl (C=O) groups is 1. The molecule has 0 bridgehead atoms. The van der Waals surface area contributed by atoms with Crippen molar-refractivity contribution in [1.29, 1.82) is 0 Å². The zero-order chi connectivity index (χ0) is 10.6. The molecule has 5 nitrogen and oxygen atoms in total. The summed E-state index contributed by atoms with van der Waals surface area (Å²) in [5, 5.41) is 18.3. The average molecular weight is 203 g/mol. The summed E-state index contributed by atoms with van der Waals surface area (Å²) in [7, 11) is 0. The minimum Gasteiger partial charge on any atom is -0.465 e. The van der Waals surface area contributed by atoms with Crippen LogP contribution in [-0.2, 0) is 4.74 Å². The molecule has 0 saturated heterocycles. The third-order valence-corrected chi connectivity index (χ3v) is 1.03. The molecule has 1 amide bonds. The normalized spacial score (nSPS) is 16.4. The van der Waals surface area contributed by atoms with E-state index >= 15 is 0 Å². The molecule has 13 heavy (non-hydrogen) atoms. The molecular weight excluding hydrogens is 195 g/mol. The van der Waals surface area contributed by atoms with Gasteiger partial charge in [-0.2, -0.15) is 0 Å². The van der Waals surface area contributed by atoms with Gasteiger partial charge in [0.2, 0.25) is 0 Å². The maximum atomic E-state index is 11.4. The fraction of sp³-hybridized carbons (Fsp3) is 0.800. The largest absolute Gasteiger partial charge is 0.524 e. The molecule has 0 aromatic rings. The molecule has 0 aromatic carbocycles. The van der Waals surface area contributed by atoms with Crippen molar-refractivity contribution >= 4 is 6.09 Å². The Hall–Kier alpha value is -1.02. The lowest BCUT2D eigenvalue weighted by atomic mass is 10.3. The van der Waals surface area contributed by atoms with E-state index in [9.17, 15) is 18.0 Å². The van der Waals surface area contributed by atoms with Gasteiger partial charge in [0.15, 0.2) is 6.29 Å². The van der Waals surface area contributed by atoms with Crippen LogP contribution in [0.2, 0.25) is 0 Å². The second-order valence-corrected chi connectivity index (χ2v) is 2.19. The van der Waals surface area contributed by atoms with Gasteiger partial charge < -0.3 is 15.5 Å². The average Bonchev–Trinajstić information content (AvgIpc) is 1.81. The maximum absolute atomic E-state index is 11.4. The first-order chi connectivity index (χ1) is 5.72. The number of carboxylic acid groups (broad SMARTS) is 1. The van der Waals surface area contributed by atoms with Crippen molar-refractivity contribution in [3.63, 3.8) is 0 Å². The summed E-state index contributed by atoms with van der Waals surface area (Å²) < 4.78 is 37.5. The van der Waals surface area contributed by atoms with Crippen LogP contribution in [0, 0.1) is 0 Å². The fourth-order valence-electron chi connectivity index (χ4n) is 0.505. The molecular formula is C5H8F3NO4. The third-order valence-electron chi connectivity index (χ3n) is 1.03. The van der Waals surface area contributed by atoms with Crippen molar-refractivity contribution in [1.82, 2.24) is 5.32 Å². The summed E-state index contributed by atoms with van der Waals surface area (Å²) in [6.07, 6.45) is -8.79. The van der Waals surface area contributed by atoms with Crippen molar-refractivity contribution in [2.45, 2.75) is 25.6 Å². The van der Waals surface area contributed by atoms with Crippen LogP contribution in [0.25, 0.3) is 0 Å². The van der Waals surface area contributed by atoms with E-state index in [-0.39, 0.29) is 0 Å². The number of amides is 1. The van der Waals surface area contributed by atoms with Gasteiger partial charge in [-0.15, -0.1) is 13.2 Å². The van der Waals surface area contributed by atoms with Gasteiger partial charge in [0, 0.05) is 0 Å². The van der Waals surface area contributed by atoms with Crippen LogP contribution < -0.4 is 5.32 Å². The minimum atomic E-state index is -4.99. The van der Waals surface area contributed by atoms with E-state index in [4.69, 9.17) is 10.2 Å². The first kappa shape index (κ1) is 12.0. The molecule has 0 aliphatic carbocycles. The number of rotatable bonds is 3. The van der Waals surface area contributed by atoms with Crippen molar-refractivity contribution in [3.05, 3.63) is 0 Å². The number of hydrogen-bond donors (Lipinski definition) is 3. The zero-order valence-electron chi connectivity index (χ0n) is 6.50. The van der Waals surface area contributed by atoms with E-state index in [1.165, 1.54) is 0 Å². The number of nitrogens with one attached hydrogen (secondary N) is 1. The highest BCUT2D eigenvalue weighted by atomic mass is 19.4. The SMILES string of the molecule is C[C@@H](NC(=O)O)[C@@H](O)OC(F)(F)F. The van der Waals surface area contributed by atoms with Crippen molar-refractivity contribution in [3.8, 4) is 0 Å². The summed E-state index contributed by atoms with van der Waals surface area (Å²) in [6, 6.07) is -1.36. The summed E-state index contributed by atoms with van der Waals surface area (Å²) in [4.78, 5) is 9.92. The molecule has 78 valence electrons. The molecule has 0 spiro atoms. The number of aliphatic hydroxyl groups excluding tert-OH is 1. The molecule has 0 heterocycles. The summed E-state index contributed by atoms with van der Waals surface area (Å²) in [5.41, 5.74) is 0. The van der Waals surface area contributed by atoms with Crippen LogP contribution in [0.15, 0.2) is 0 Å². The lowest BCUT2D eigenvalue weighted by Crippen LogP contribution is -2.43. The summed E-state index contributed by atoms with van der Waals surface area (Å²) in [6.45, 7) is 1.03. The van der Waals surface area contributed by atoms with E-state index < -0.39 is 24.8 Å². The first-order valence-corrected chi connectivity index (χ1v) is 3.14. The van der Waals surface area contributed by atoms with Crippen molar-refractivity contribution < 1.29 is 32.9 Å². The molecule has 0 aliphatic heterocycles. The highest BCUT2D eigenvalue weighted by Crippen LogP contribution is 2.18. The fourth-order valence-corrected chi connectivity index (χ4v) is 0.505. The van der Waals surface area contributed by atoms with Crippen LogP contribution >= 0.6 is 0 Å². The van der Waals surface area contributed by atoms with Gasteiger partial charge in [-0.25, -0.2) is 4.79 Å². The number of hydrogen-bond acceptors (Lipinski definition) is 3. The van der Waals surface area contributed by atoms with E-state index in [2.05, 4.69) is 4.74 Å². The van der Waals surface area contributed by atoms with Gasteiger partial charge >= 0.3 is 12.5 Å². The van der Waals surface area contributed by atoms with Gasteiger partial charge in [0.25, 0.3) is 0 Å². The monoisotopic (exact) mass is 203 g/mol. The second-order valence-electron chi connectivity index (χ2n) is 2.19. The maximum Gasteiger partial charge on any atom is 0.524 e. The molecule has 0 radical (unpaired) electrons. The zero-order valence-corrected chi connectivity index (χ0v) is 6.50. The molecule has 3 N–H and O–H groups in total. The predicted octanol–water partition coefficient (Wildman–Crippen LogP) is 0.497. The minimum absolute atomic E-state index is 1.03. The number of halogens is 3. The molecule has 0 saturated carbocycles. The summed E-state index contributed by atoms with van der Waals surface area (Å²) in [5.74, 6) is 0. The van der Waals surface area contributed by atoms with Gasteiger partial charge in [-0.05, 0) is 6.92 Å². The van der Waals surface area contributed by atoms with Crippen LogP contribution in [0.3, 0.4) is 0 Å². The van der Waals surface area contributed by atoms with Gasteiger partial charge in [0.1, 0.15) is 0 Å². The Balaban J connectivity index is 3.96. The number of aliphatic hydroxyl groups is 1. The van der Waals surface area contributed by atoms with Crippen molar-refractivity contribution in [2.24, 2.45) is 0 Å². The quantitative estimate of drug-likeness (QED) is 0.583. The first-order valence-electron chi connectivity index (χ1n) is 3.14.